The van der Waals surface area contributed by atoms with E-state index in [4.69, 9.17) is 10.5 Å². The predicted molar refractivity (Wildman–Crippen MR) is 84.0 cm³/mol. The molecule has 0 bridgehead atoms. The summed E-state index contributed by atoms with van der Waals surface area (Å²) in [7, 11) is 0. The van der Waals surface area contributed by atoms with Crippen LogP contribution in [0.1, 0.15) is 18.9 Å². The van der Waals surface area contributed by atoms with Crippen molar-refractivity contribution in [2.45, 2.75) is 19.9 Å². The molecule has 116 valence electrons. The van der Waals surface area contributed by atoms with Crippen LogP contribution < -0.4 is 11.1 Å². The second-order valence-corrected chi connectivity index (χ2v) is 5.42. The number of nitrogens with one attached hydrogen (secondary N) is 1. The zero-order valence-corrected chi connectivity index (χ0v) is 12.7. The van der Waals surface area contributed by atoms with E-state index in [0.29, 0.717) is 6.54 Å². The van der Waals surface area contributed by atoms with E-state index in [1.165, 1.54) is 5.56 Å². The van der Waals surface area contributed by atoms with Crippen LogP contribution in [0, 0.1) is 5.92 Å². The van der Waals surface area contributed by atoms with E-state index in [1.807, 2.05) is 19.1 Å². The van der Waals surface area contributed by atoms with Gasteiger partial charge in [0.15, 0.2) is 0 Å². The van der Waals surface area contributed by atoms with Crippen LogP contribution in [0.25, 0.3) is 0 Å². The van der Waals surface area contributed by atoms with Gasteiger partial charge < -0.3 is 15.8 Å². The number of nitrogens with two attached hydrogens (primary N) is 1. The molecule has 1 aromatic carbocycles. The van der Waals surface area contributed by atoms with Crippen LogP contribution in [0.15, 0.2) is 24.3 Å². The van der Waals surface area contributed by atoms with Crippen LogP contribution in [-0.2, 0) is 16.1 Å². The Balaban J connectivity index is 1.87. The van der Waals surface area contributed by atoms with Gasteiger partial charge in [0.25, 0.3) is 0 Å². The molecule has 0 saturated carbocycles. The van der Waals surface area contributed by atoms with Gasteiger partial charge in [-0.1, -0.05) is 19.1 Å². The zero-order valence-electron chi connectivity index (χ0n) is 12.7. The maximum atomic E-state index is 12.0. The van der Waals surface area contributed by atoms with Gasteiger partial charge in [-0.2, -0.15) is 0 Å². The average molecular weight is 291 g/mol. The van der Waals surface area contributed by atoms with E-state index < -0.39 is 0 Å². The molecule has 1 fully saturated rings. The van der Waals surface area contributed by atoms with Crippen LogP contribution in [0.4, 0.5) is 5.69 Å². The summed E-state index contributed by atoms with van der Waals surface area (Å²) < 4.78 is 5.34. The number of hydrogen-bond acceptors (Lipinski definition) is 4. The number of benzene rings is 1. The smallest absolute Gasteiger partial charge is 0.228 e. The summed E-state index contributed by atoms with van der Waals surface area (Å²) in [5.74, 6) is -0.112. The van der Waals surface area contributed by atoms with E-state index in [0.717, 1.165) is 45.0 Å². The van der Waals surface area contributed by atoms with Crippen molar-refractivity contribution in [2.24, 2.45) is 11.7 Å². The molecule has 1 aromatic rings. The van der Waals surface area contributed by atoms with Crippen LogP contribution >= 0.6 is 0 Å². The molecule has 1 aliphatic heterocycles. The predicted octanol–water partition coefficient (Wildman–Crippen LogP) is 1.44. The third kappa shape index (κ3) is 4.81. The number of hydrogen-bond donors (Lipinski definition) is 2. The molecule has 1 aliphatic rings. The Morgan fingerprint density at radius 2 is 2.00 bits per heavy atom. The monoisotopic (exact) mass is 291 g/mol. The molecular weight excluding hydrogens is 266 g/mol. The van der Waals surface area contributed by atoms with Crippen molar-refractivity contribution in [3.8, 4) is 0 Å². The van der Waals surface area contributed by atoms with Gasteiger partial charge in [-0.15, -0.1) is 0 Å². The van der Waals surface area contributed by atoms with E-state index in [2.05, 4.69) is 22.3 Å². The molecule has 0 spiro atoms. The Bertz CT molecular complexity index is 437. The lowest BCUT2D eigenvalue weighted by molar-refractivity contribution is -0.119. The fourth-order valence-corrected chi connectivity index (χ4v) is 2.41. The van der Waals surface area contributed by atoms with Gasteiger partial charge in [-0.3, -0.25) is 9.69 Å². The number of ether oxygens (including phenoxy) is 1. The van der Waals surface area contributed by atoms with E-state index in [-0.39, 0.29) is 11.8 Å². The maximum Gasteiger partial charge on any atom is 0.228 e. The van der Waals surface area contributed by atoms with Gasteiger partial charge in [0.1, 0.15) is 0 Å². The number of amides is 1. The summed E-state index contributed by atoms with van der Waals surface area (Å²) in [6, 6.07) is 8.04. The Morgan fingerprint density at radius 1 is 1.33 bits per heavy atom. The summed E-state index contributed by atoms with van der Waals surface area (Å²) in [4.78, 5) is 14.3. The lowest BCUT2D eigenvalue weighted by atomic mass is 10.1. The first-order valence-corrected chi connectivity index (χ1v) is 7.63. The molecule has 1 amide bonds. The van der Waals surface area contributed by atoms with Crippen molar-refractivity contribution < 1.29 is 9.53 Å². The lowest BCUT2D eigenvalue weighted by Crippen LogP contribution is -2.35. The van der Waals surface area contributed by atoms with E-state index >= 15 is 0 Å². The highest BCUT2D eigenvalue weighted by Crippen LogP contribution is 2.14. The molecule has 1 atom stereocenters. The molecular formula is C16H25N3O2. The van der Waals surface area contributed by atoms with Gasteiger partial charge in [0.2, 0.25) is 5.91 Å². The second-order valence-electron chi connectivity index (χ2n) is 5.42. The van der Waals surface area contributed by atoms with Crippen molar-refractivity contribution in [1.82, 2.24) is 4.90 Å². The molecule has 2 rings (SSSR count). The molecule has 1 unspecified atom stereocenters. The largest absolute Gasteiger partial charge is 0.379 e. The molecule has 0 aliphatic carbocycles. The Hall–Kier alpha value is -1.43. The molecule has 0 radical (unpaired) electrons. The minimum atomic E-state index is -0.113. The van der Waals surface area contributed by atoms with Gasteiger partial charge in [0.05, 0.1) is 19.1 Å². The van der Waals surface area contributed by atoms with Crippen molar-refractivity contribution in [3.63, 3.8) is 0 Å². The van der Waals surface area contributed by atoms with Crippen LogP contribution in [0.3, 0.4) is 0 Å². The van der Waals surface area contributed by atoms with Gasteiger partial charge >= 0.3 is 0 Å². The Kier molecular flexibility index (Phi) is 6.17. The summed E-state index contributed by atoms with van der Waals surface area (Å²) in [6.07, 6.45) is 0.761. The summed E-state index contributed by atoms with van der Waals surface area (Å²) in [6.45, 7) is 6.87. The fraction of sp³-hybridized carbons (Fsp3) is 0.562. The Morgan fingerprint density at radius 3 is 2.57 bits per heavy atom. The standard InChI is InChI=1S/C16H25N3O2/c1-2-14(11-17)16(20)18-15-5-3-13(4-6-15)12-19-7-9-21-10-8-19/h3-6,14H,2,7-12,17H2,1H3,(H,18,20). The summed E-state index contributed by atoms with van der Waals surface area (Å²) >= 11 is 0. The third-order valence-electron chi connectivity index (χ3n) is 3.88. The molecule has 21 heavy (non-hydrogen) atoms. The maximum absolute atomic E-state index is 12.0. The number of carbonyl (C=O) groups excluding carboxylic acids is 1. The molecule has 1 saturated heterocycles. The molecule has 5 nitrogen and oxygen atoms in total. The van der Waals surface area contributed by atoms with Gasteiger partial charge in [0, 0.05) is 31.9 Å². The number of nitrogens with zero attached hydrogens (tertiary/aromatic N) is 1. The minimum Gasteiger partial charge on any atom is -0.379 e. The summed E-state index contributed by atoms with van der Waals surface area (Å²) in [5.41, 5.74) is 7.67. The molecule has 3 N–H and O–H groups in total. The van der Waals surface area contributed by atoms with Crippen molar-refractivity contribution >= 4 is 11.6 Å². The zero-order chi connectivity index (χ0) is 15.1. The van der Waals surface area contributed by atoms with Gasteiger partial charge in [-0.05, 0) is 24.1 Å². The van der Waals surface area contributed by atoms with Crippen molar-refractivity contribution in [1.29, 1.82) is 0 Å². The highest BCUT2D eigenvalue weighted by Gasteiger charge is 2.14. The molecule has 1 heterocycles. The molecule has 5 heteroatoms. The highest BCUT2D eigenvalue weighted by atomic mass is 16.5. The Labute approximate surface area is 126 Å². The SMILES string of the molecule is CCC(CN)C(=O)Nc1ccc(CN2CCOCC2)cc1. The topological polar surface area (TPSA) is 67.6 Å². The number of carbonyl (C=O) groups is 1. The third-order valence-corrected chi connectivity index (χ3v) is 3.88. The fourth-order valence-electron chi connectivity index (χ4n) is 2.41. The first-order valence-electron chi connectivity index (χ1n) is 7.63. The normalized spacial score (nSPS) is 17.4. The van der Waals surface area contributed by atoms with Crippen LogP contribution in [-0.4, -0.2) is 43.7 Å². The minimum absolute atomic E-state index is 0.000860. The number of rotatable bonds is 6. The lowest BCUT2D eigenvalue weighted by Gasteiger charge is -2.26. The van der Waals surface area contributed by atoms with Crippen LogP contribution in [0.2, 0.25) is 0 Å². The first kappa shape index (κ1) is 15.9. The second kappa shape index (κ2) is 8.12. The quantitative estimate of drug-likeness (QED) is 0.832. The first-order chi connectivity index (χ1) is 10.2. The van der Waals surface area contributed by atoms with Crippen molar-refractivity contribution in [2.75, 3.05) is 38.2 Å². The number of anilines is 1. The average Bonchev–Trinajstić information content (AvgIpc) is 2.51. The van der Waals surface area contributed by atoms with Gasteiger partial charge in [-0.25, -0.2) is 0 Å². The number of morpholine rings is 1. The molecule has 0 aromatic heterocycles. The summed E-state index contributed by atoms with van der Waals surface area (Å²) in [5, 5.41) is 2.92. The van der Waals surface area contributed by atoms with Crippen molar-refractivity contribution in [3.05, 3.63) is 29.8 Å². The highest BCUT2D eigenvalue weighted by molar-refractivity contribution is 5.92. The van der Waals surface area contributed by atoms with E-state index in [9.17, 15) is 4.79 Å². The van der Waals surface area contributed by atoms with Crippen LogP contribution in [0.5, 0.6) is 0 Å². The van der Waals surface area contributed by atoms with E-state index in [1.54, 1.807) is 0 Å².